The van der Waals surface area contributed by atoms with Crippen molar-refractivity contribution in [1.82, 2.24) is 4.90 Å². The van der Waals surface area contributed by atoms with E-state index in [9.17, 15) is 9.59 Å². The Morgan fingerprint density at radius 3 is 2.71 bits per heavy atom. The third-order valence-electron chi connectivity index (χ3n) is 2.34. The summed E-state index contributed by atoms with van der Waals surface area (Å²) in [5, 5.41) is 0. The van der Waals surface area contributed by atoms with Crippen LogP contribution in [-0.2, 0) is 19.1 Å². The molecule has 0 aromatic rings. The molecule has 1 aliphatic rings. The third kappa shape index (κ3) is 2.45. The lowest BCUT2D eigenvalue weighted by Gasteiger charge is -2.14. The number of likely N-dealkylation sites (tertiary alicyclic amines) is 1. The summed E-state index contributed by atoms with van der Waals surface area (Å²) >= 11 is 0. The largest absolute Gasteiger partial charge is 0.462 e. The summed E-state index contributed by atoms with van der Waals surface area (Å²) in [5.74, 6) is -0.997. The molecule has 0 aromatic carbocycles. The van der Waals surface area contributed by atoms with E-state index in [-0.39, 0.29) is 0 Å². The molecular weight excluding hydrogens is 186 g/mol. The van der Waals surface area contributed by atoms with E-state index in [1.54, 1.807) is 7.11 Å². The van der Waals surface area contributed by atoms with Crippen molar-refractivity contribution in [3.05, 3.63) is 0 Å². The van der Waals surface area contributed by atoms with E-state index >= 15 is 0 Å². The van der Waals surface area contributed by atoms with Gasteiger partial charge >= 0.3 is 11.9 Å². The number of carbonyl (C=O) groups is 2. The maximum atomic E-state index is 11.3. The number of esters is 1. The highest BCUT2D eigenvalue weighted by atomic mass is 16.5. The average molecular weight is 201 g/mol. The van der Waals surface area contributed by atoms with Gasteiger partial charge in [0, 0.05) is 26.1 Å². The van der Waals surface area contributed by atoms with E-state index in [1.807, 2.05) is 0 Å². The molecule has 0 aliphatic carbocycles. The monoisotopic (exact) mass is 201 g/mol. The highest BCUT2D eigenvalue weighted by Gasteiger charge is 2.30. The Morgan fingerprint density at radius 1 is 1.43 bits per heavy atom. The number of methoxy groups -OCH3 is 2. The number of hydrogen-bond donors (Lipinski definition) is 0. The van der Waals surface area contributed by atoms with E-state index in [4.69, 9.17) is 4.74 Å². The first-order chi connectivity index (χ1) is 6.69. The van der Waals surface area contributed by atoms with Crippen LogP contribution in [0.15, 0.2) is 0 Å². The van der Waals surface area contributed by atoms with Gasteiger partial charge < -0.3 is 14.4 Å². The van der Waals surface area contributed by atoms with Crippen LogP contribution in [0.1, 0.15) is 6.42 Å². The molecule has 1 fully saturated rings. The predicted molar refractivity (Wildman–Crippen MR) is 48.6 cm³/mol. The number of ether oxygens (including phenoxy) is 2. The number of hydrogen-bond acceptors (Lipinski definition) is 4. The number of nitrogens with zero attached hydrogens (tertiary/aromatic N) is 1. The lowest BCUT2D eigenvalue weighted by molar-refractivity contribution is -0.157. The highest BCUT2D eigenvalue weighted by Crippen LogP contribution is 2.16. The van der Waals surface area contributed by atoms with Crippen LogP contribution < -0.4 is 0 Å². The molecule has 1 amide bonds. The molecule has 1 atom stereocenters. The maximum Gasteiger partial charge on any atom is 0.396 e. The van der Waals surface area contributed by atoms with Crippen molar-refractivity contribution in [3.8, 4) is 0 Å². The van der Waals surface area contributed by atoms with E-state index in [2.05, 4.69) is 4.74 Å². The SMILES string of the molecule is COCC1CCN(C(=O)C(=O)OC)C1. The van der Waals surface area contributed by atoms with Crippen LogP contribution in [0.4, 0.5) is 0 Å². The van der Waals surface area contributed by atoms with Crippen molar-refractivity contribution in [2.45, 2.75) is 6.42 Å². The summed E-state index contributed by atoms with van der Waals surface area (Å²) in [4.78, 5) is 23.8. The van der Waals surface area contributed by atoms with Crippen molar-refractivity contribution >= 4 is 11.9 Å². The minimum Gasteiger partial charge on any atom is -0.462 e. The van der Waals surface area contributed by atoms with Gasteiger partial charge in [0.1, 0.15) is 0 Å². The molecule has 0 N–H and O–H groups in total. The summed E-state index contributed by atoms with van der Waals surface area (Å²) in [7, 11) is 2.84. The van der Waals surface area contributed by atoms with Gasteiger partial charge in [-0.1, -0.05) is 0 Å². The van der Waals surface area contributed by atoms with Crippen LogP contribution in [-0.4, -0.2) is 50.7 Å². The fourth-order valence-corrected chi connectivity index (χ4v) is 1.61. The van der Waals surface area contributed by atoms with Crippen LogP contribution in [0.3, 0.4) is 0 Å². The Labute approximate surface area is 83.0 Å². The molecule has 5 nitrogen and oxygen atoms in total. The molecule has 0 bridgehead atoms. The minimum atomic E-state index is -0.789. The van der Waals surface area contributed by atoms with E-state index in [1.165, 1.54) is 12.0 Å². The molecule has 1 unspecified atom stereocenters. The predicted octanol–water partition coefficient (Wildman–Crippen LogP) is -0.346. The molecule has 1 heterocycles. The summed E-state index contributed by atoms with van der Waals surface area (Å²) in [6.45, 7) is 1.83. The standard InChI is InChI=1S/C9H15NO4/c1-13-6-7-3-4-10(5-7)8(11)9(12)14-2/h7H,3-6H2,1-2H3. The Kier molecular flexibility index (Phi) is 3.88. The minimum absolute atomic E-state index is 0.341. The Bertz CT molecular complexity index is 229. The lowest BCUT2D eigenvalue weighted by Crippen LogP contribution is -2.35. The highest BCUT2D eigenvalue weighted by molar-refractivity contribution is 6.32. The first-order valence-corrected chi connectivity index (χ1v) is 4.55. The van der Waals surface area contributed by atoms with Gasteiger partial charge in [-0.05, 0) is 6.42 Å². The van der Waals surface area contributed by atoms with Gasteiger partial charge in [0.15, 0.2) is 0 Å². The lowest BCUT2D eigenvalue weighted by atomic mass is 10.1. The first-order valence-electron chi connectivity index (χ1n) is 4.55. The van der Waals surface area contributed by atoms with Crippen LogP contribution >= 0.6 is 0 Å². The fourth-order valence-electron chi connectivity index (χ4n) is 1.61. The quantitative estimate of drug-likeness (QED) is 0.453. The summed E-state index contributed by atoms with van der Waals surface area (Å²) < 4.78 is 9.34. The summed E-state index contributed by atoms with van der Waals surface area (Å²) in [6, 6.07) is 0. The normalized spacial score (nSPS) is 21.0. The second-order valence-electron chi connectivity index (χ2n) is 3.35. The number of carbonyl (C=O) groups excluding carboxylic acids is 2. The molecule has 0 aromatic heterocycles. The average Bonchev–Trinajstić information content (AvgIpc) is 2.64. The van der Waals surface area contributed by atoms with Gasteiger partial charge in [-0.2, -0.15) is 0 Å². The van der Waals surface area contributed by atoms with Crippen molar-refractivity contribution in [2.75, 3.05) is 33.9 Å². The zero-order chi connectivity index (χ0) is 10.6. The van der Waals surface area contributed by atoms with E-state index in [0.717, 1.165) is 6.42 Å². The molecule has 5 heteroatoms. The number of rotatable bonds is 2. The van der Waals surface area contributed by atoms with Crippen molar-refractivity contribution < 1.29 is 19.1 Å². The molecule has 0 spiro atoms. The van der Waals surface area contributed by atoms with E-state index in [0.29, 0.717) is 25.6 Å². The molecule has 1 saturated heterocycles. The van der Waals surface area contributed by atoms with E-state index < -0.39 is 11.9 Å². The molecule has 14 heavy (non-hydrogen) atoms. The van der Waals surface area contributed by atoms with Crippen LogP contribution in [0, 0.1) is 5.92 Å². The second-order valence-corrected chi connectivity index (χ2v) is 3.35. The third-order valence-corrected chi connectivity index (χ3v) is 2.34. The Morgan fingerprint density at radius 2 is 2.14 bits per heavy atom. The van der Waals surface area contributed by atoms with Crippen molar-refractivity contribution in [3.63, 3.8) is 0 Å². The van der Waals surface area contributed by atoms with Gasteiger partial charge in [-0.3, -0.25) is 4.79 Å². The van der Waals surface area contributed by atoms with Crippen molar-refractivity contribution in [2.24, 2.45) is 5.92 Å². The molecule has 1 rings (SSSR count). The Hall–Kier alpha value is -1.10. The topological polar surface area (TPSA) is 55.8 Å². The maximum absolute atomic E-state index is 11.3. The van der Waals surface area contributed by atoms with Crippen LogP contribution in [0.25, 0.3) is 0 Å². The van der Waals surface area contributed by atoms with Gasteiger partial charge in [0.25, 0.3) is 0 Å². The zero-order valence-electron chi connectivity index (χ0n) is 8.49. The summed E-state index contributed by atoms with van der Waals surface area (Å²) in [5.41, 5.74) is 0. The fraction of sp³-hybridized carbons (Fsp3) is 0.778. The summed E-state index contributed by atoms with van der Waals surface area (Å²) in [6.07, 6.45) is 0.885. The molecule has 1 aliphatic heterocycles. The van der Waals surface area contributed by atoms with Gasteiger partial charge in [-0.15, -0.1) is 0 Å². The van der Waals surface area contributed by atoms with Gasteiger partial charge in [0.2, 0.25) is 0 Å². The molecule has 80 valence electrons. The number of amides is 1. The zero-order valence-corrected chi connectivity index (χ0v) is 8.49. The molecule has 0 saturated carbocycles. The van der Waals surface area contributed by atoms with Crippen molar-refractivity contribution in [1.29, 1.82) is 0 Å². The first kappa shape index (κ1) is 11.0. The Balaban J connectivity index is 2.41. The second kappa shape index (κ2) is 4.95. The molecular formula is C9H15NO4. The van der Waals surface area contributed by atoms with Gasteiger partial charge in [-0.25, -0.2) is 4.79 Å². The molecule has 0 radical (unpaired) electrons. The van der Waals surface area contributed by atoms with Crippen LogP contribution in [0.5, 0.6) is 0 Å². The van der Waals surface area contributed by atoms with Crippen LogP contribution in [0.2, 0.25) is 0 Å². The smallest absolute Gasteiger partial charge is 0.396 e. The van der Waals surface area contributed by atoms with Gasteiger partial charge in [0.05, 0.1) is 13.7 Å².